The van der Waals surface area contributed by atoms with Crippen LogP contribution in [0.4, 0.5) is 9.18 Å². The van der Waals surface area contributed by atoms with E-state index in [0.29, 0.717) is 13.1 Å². The monoisotopic (exact) mass is 172 g/mol. The molecule has 0 aromatic rings. The maximum Gasteiger partial charge on any atom is 0.320 e. The predicted molar refractivity (Wildman–Crippen MR) is 42.7 cm³/mol. The SMILES string of the molecule is O=C(N1CCCC1)N1CC(F)C1. The third-order valence-corrected chi connectivity index (χ3v) is 2.48. The third kappa shape index (κ3) is 1.26. The van der Waals surface area contributed by atoms with Gasteiger partial charge in [-0.25, -0.2) is 9.18 Å². The van der Waals surface area contributed by atoms with Crippen molar-refractivity contribution in [2.45, 2.75) is 19.0 Å². The second-order valence-electron chi connectivity index (χ2n) is 3.48. The summed E-state index contributed by atoms with van der Waals surface area (Å²) < 4.78 is 12.4. The number of nitrogens with zero attached hydrogens (tertiary/aromatic N) is 2. The van der Waals surface area contributed by atoms with Crippen molar-refractivity contribution < 1.29 is 9.18 Å². The summed E-state index contributed by atoms with van der Waals surface area (Å²) in [5.41, 5.74) is 0. The summed E-state index contributed by atoms with van der Waals surface area (Å²) in [6.07, 6.45) is 1.41. The lowest BCUT2D eigenvalue weighted by Gasteiger charge is -2.36. The standard InChI is InChI=1S/C8H13FN2O/c9-7-5-11(6-7)8(12)10-3-1-2-4-10/h7H,1-6H2. The number of carbonyl (C=O) groups excluding carboxylic acids is 1. The van der Waals surface area contributed by atoms with Gasteiger partial charge in [-0.3, -0.25) is 0 Å². The van der Waals surface area contributed by atoms with Crippen molar-refractivity contribution in [3.05, 3.63) is 0 Å². The molecule has 2 saturated heterocycles. The van der Waals surface area contributed by atoms with Crippen LogP contribution in [0.5, 0.6) is 0 Å². The highest BCUT2D eigenvalue weighted by Gasteiger charge is 2.33. The zero-order valence-electron chi connectivity index (χ0n) is 7.00. The molecule has 2 aliphatic rings. The second kappa shape index (κ2) is 2.92. The normalized spacial score (nSPS) is 24.4. The largest absolute Gasteiger partial charge is 0.325 e. The Morgan fingerprint density at radius 1 is 1.17 bits per heavy atom. The molecule has 0 spiro atoms. The highest BCUT2D eigenvalue weighted by molar-refractivity contribution is 5.75. The lowest BCUT2D eigenvalue weighted by Crippen LogP contribution is -2.55. The summed E-state index contributed by atoms with van der Waals surface area (Å²) in [6.45, 7) is 2.31. The molecule has 0 aromatic heterocycles. The number of hydrogen-bond donors (Lipinski definition) is 0. The van der Waals surface area contributed by atoms with Gasteiger partial charge in [-0.05, 0) is 12.8 Å². The van der Waals surface area contributed by atoms with Crippen LogP contribution in [-0.2, 0) is 0 Å². The summed E-state index contributed by atoms with van der Waals surface area (Å²) in [5, 5.41) is 0. The van der Waals surface area contributed by atoms with E-state index in [4.69, 9.17) is 0 Å². The second-order valence-corrected chi connectivity index (χ2v) is 3.48. The van der Waals surface area contributed by atoms with Crippen molar-refractivity contribution in [1.29, 1.82) is 0 Å². The smallest absolute Gasteiger partial charge is 0.320 e. The molecule has 0 unspecified atom stereocenters. The first kappa shape index (κ1) is 7.83. The molecule has 2 amide bonds. The van der Waals surface area contributed by atoms with E-state index in [2.05, 4.69) is 0 Å². The quantitative estimate of drug-likeness (QED) is 0.531. The van der Waals surface area contributed by atoms with Gasteiger partial charge in [0, 0.05) is 13.1 Å². The Bertz CT molecular complexity index is 185. The number of rotatable bonds is 0. The van der Waals surface area contributed by atoms with E-state index in [1.807, 2.05) is 4.90 Å². The molecule has 2 fully saturated rings. The van der Waals surface area contributed by atoms with Crippen LogP contribution in [0.25, 0.3) is 0 Å². The summed E-state index contributed by atoms with van der Waals surface area (Å²) in [6, 6.07) is 0.0291. The highest BCUT2D eigenvalue weighted by Crippen LogP contribution is 2.17. The Labute approximate surface area is 71.1 Å². The van der Waals surface area contributed by atoms with Crippen molar-refractivity contribution in [1.82, 2.24) is 9.80 Å². The van der Waals surface area contributed by atoms with E-state index in [0.717, 1.165) is 25.9 Å². The van der Waals surface area contributed by atoms with Crippen molar-refractivity contribution in [2.24, 2.45) is 0 Å². The van der Waals surface area contributed by atoms with Gasteiger partial charge in [-0.15, -0.1) is 0 Å². The van der Waals surface area contributed by atoms with Crippen molar-refractivity contribution in [2.75, 3.05) is 26.2 Å². The van der Waals surface area contributed by atoms with Crippen molar-refractivity contribution >= 4 is 6.03 Å². The van der Waals surface area contributed by atoms with Gasteiger partial charge in [0.15, 0.2) is 0 Å². The predicted octanol–water partition coefficient (Wildman–Crippen LogP) is 0.856. The minimum absolute atomic E-state index is 0.0291. The van der Waals surface area contributed by atoms with Gasteiger partial charge in [-0.1, -0.05) is 0 Å². The Balaban J connectivity index is 1.83. The minimum Gasteiger partial charge on any atom is -0.325 e. The zero-order valence-corrected chi connectivity index (χ0v) is 7.00. The Morgan fingerprint density at radius 2 is 1.75 bits per heavy atom. The molecule has 0 radical (unpaired) electrons. The van der Waals surface area contributed by atoms with Crippen LogP contribution >= 0.6 is 0 Å². The Hall–Kier alpha value is -0.800. The average molecular weight is 172 g/mol. The fourth-order valence-electron chi connectivity index (χ4n) is 1.69. The minimum atomic E-state index is -0.781. The van der Waals surface area contributed by atoms with Crippen LogP contribution in [0.1, 0.15) is 12.8 Å². The molecule has 0 N–H and O–H groups in total. The average Bonchev–Trinajstić information content (AvgIpc) is 2.49. The number of hydrogen-bond acceptors (Lipinski definition) is 1. The molecular formula is C8H13FN2O. The molecule has 2 aliphatic heterocycles. The first-order chi connectivity index (χ1) is 5.77. The van der Waals surface area contributed by atoms with E-state index in [1.165, 1.54) is 0 Å². The van der Waals surface area contributed by atoms with Crippen LogP contribution in [0, 0.1) is 0 Å². The molecule has 0 aromatic carbocycles. The molecule has 0 aliphatic carbocycles. The van der Waals surface area contributed by atoms with Crippen LogP contribution in [0.3, 0.4) is 0 Å². The first-order valence-corrected chi connectivity index (χ1v) is 4.45. The van der Waals surface area contributed by atoms with E-state index >= 15 is 0 Å². The summed E-state index contributed by atoms with van der Waals surface area (Å²) in [5.74, 6) is 0. The molecule has 68 valence electrons. The van der Waals surface area contributed by atoms with E-state index in [-0.39, 0.29) is 6.03 Å². The summed E-state index contributed by atoms with van der Waals surface area (Å²) >= 11 is 0. The number of halogens is 1. The number of likely N-dealkylation sites (tertiary alicyclic amines) is 2. The summed E-state index contributed by atoms with van der Waals surface area (Å²) in [7, 11) is 0. The molecule has 4 heteroatoms. The zero-order chi connectivity index (χ0) is 8.55. The first-order valence-electron chi connectivity index (χ1n) is 4.45. The van der Waals surface area contributed by atoms with Crippen LogP contribution < -0.4 is 0 Å². The molecule has 2 rings (SSSR count). The van der Waals surface area contributed by atoms with E-state index in [1.54, 1.807) is 4.90 Å². The number of carbonyl (C=O) groups is 1. The maximum absolute atomic E-state index is 12.4. The molecular weight excluding hydrogens is 159 g/mol. The van der Waals surface area contributed by atoms with Gasteiger partial charge in [0.05, 0.1) is 13.1 Å². The van der Waals surface area contributed by atoms with Gasteiger partial charge >= 0.3 is 6.03 Å². The molecule has 0 atom stereocenters. The molecule has 0 bridgehead atoms. The van der Waals surface area contributed by atoms with Crippen LogP contribution in [-0.4, -0.2) is 48.2 Å². The highest BCUT2D eigenvalue weighted by atomic mass is 19.1. The van der Waals surface area contributed by atoms with Crippen molar-refractivity contribution in [3.8, 4) is 0 Å². The van der Waals surface area contributed by atoms with Crippen molar-refractivity contribution in [3.63, 3.8) is 0 Å². The molecule has 2 heterocycles. The van der Waals surface area contributed by atoms with Gasteiger partial charge in [0.2, 0.25) is 0 Å². The fraction of sp³-hybridized carbons (Fsp3) is 0.875. The van der Waals surface area contributed by atoms with Gasteiger partial charge in [-0.2, -0.15) is 0 Å². The van der Waals surface area contributed by atoms with Gasteiger partial charge in [0.1, 0.15) is 6.17 Å². The molecule has 0 saturated carbocycles. The van der Waals surface area contributed by atoms with Gasteiger partial charge in [0.25, 0.3) is 0 Å². The number of urea groups is 1. The fourth-order valence-corrected chi connectivity index (χ4v) is 1.69. The Kier molecular flexibility index (Phi) is 1.90. The van der Waals surface area contributed by atoms with Crippen LogP contribution in [0.15, 0.2) is 0 Å². The number of alkyl halides is 1. The van der Waals surface area contributed by atoms with E-state index < -0.39 is 6.17 Å². The van der Waals surface area contributed by atoms with Crippen LogP contribution in [0.2, 0.25) is 0 Å². The molecule has 12 heavy (non-hydrogen) atoms. The lowest BCUT2D eigenvalue weighted by atomic mass is 10.2. The topological polar surface area (TPSA) is 23.6 Å². The maximum atomic E-state index is 12.4. The number of amides is 2. The van der Waals surface area contributed by atoms with E-state index in [9.17, 15) is 9.18 Å². The Morgan fingerprint density at radius 3 is 2.25 bits per heavy atom. The molecule has 3 nitrogen and oxygen atoms in total. The van der Waals surface area contributed by atoms with Gasteiger partial charge < -0.3 is 9.80 Å². The third-order valence-electron chi connectivity index (χ3n) is 2.48. The summed E-state index contributed by atoms with van der Waals surface area (Å²) in [4.78, 5) is 14.8. The lowest BCUT2D eigenvalue weighted by molar-refractivity contribution is 0.0720.